The number of ketones is 2. The maximum Gasteiger partial charge on any atom is 0.303 e. The second-order valence-corrected chi connectivity index (χ2v) is 10.4. The molecule has 0 aliphatic heterocycles. The molecule has 1 N–H and O–H groups in total. The topological polar surface area (TPSA) is 107 Å². The van der Waals surface area contributed by atoms with Gasteiger partial charge in [0.15, 0.2) is 12.4 Å². The monoisotopic (exact) mass is 444 g/mol. The molecule has 3 saturated carbocycles. The van der Waals surface area contributed by atoms with Gasteiger partial charge in [0, 0.05) is 30.6 Å². The van der Waals surface area contributed by atoms with Gasteiger partial charge in [-0.25, -0.2) is 0 Å². The standard InChI is InChI=1S/C25H32O7/c1-14(26)31-13-21(29)25(30)10-8-19-18-6-5-16-11-17(28)7-9-23(16,3)22(18)20(32-15(2)27)12-24(19,25)4/h7,9,11,18-20,22,30H,5-6,8,10,12-13H2,1-4H3/t18-,19-,20-,22+,23+,24+,25-/m1/s1. The number of hydrogen-bond donors (Lipinski definition) is 1. The number of Topliss-reactive ketones (excluding diaryl/α,β-unsaturated/α-hetero) is 1. The fourth-order valence-electron chi connectivity index (χ4n) is 7.36. The van der Waals surface area contributed by atoms with E-state index in [-0.39, 0.29) is 30.0 Å². The van der Waals surface area contributed by atoms with E-state index < -0.39 is 46.9 Å². The van der Waals surface area contributed by atoms with E-state index in [9.17, 15) is 24.3 Å². The summed E-state index contributed by atoms with van der Waals surface area (Å²) in [5, 5.41) is 11.6. The average molecular weight is 445 g/mol. The van der Waals surface area contributed by atoms with E-state index in [1.807, 2.05) is 13.0 Å². The van der Waals surface area contributed by atoms with Gasteiger partial charge in [-0.3, -0.25) is 19.2 Å². The number of fused-ring (bicyclic) bond motifs is 5. The van der Waals surface area contributed by atoms with Gasteiger partial charge in [0.1, 0.15) is 11.7 Å². The van der Waals surface area contributed by atoms with Crippen molar-refractivity contribution in [1.29, 1.82) is 0 Å². The van der Waals surface area contributed by atoms with Crippen LogP contribution in [-0.2, 0) is 28.7 Å². The zero-order chi connectivity index (χ0) is 23.5. The third-order valence-electron chi connectivity index (χ3n) is 8.81. The summed E-state index contributed by atoms with van der Waals surface area (Å²) in [4.78, 5) is 48.4. The number of aliphatic hydroxyl groups is 1. The van der Waals surface area contributed by atoms with Crippen molar-refractivity contribution in [3.05, 3.63) is 23.8 Å². The Balaban J connectivity index is 1.73. The minimum absolute atomic E-state index is 0.0214. The minimum Gasteiger partial charge on any atom is -0.462 e. The van der Waals surface area contributed by atoms with Crippen molar-refractivity contribution in [3.8, 4) is 0 Å². The first kappa shape index (κ1) is 22.9. The zero-order valence-corrected chi connectivity index (χ0v) is 19.2. The van der Waals surface area contributed by atoms with E-state index in [0.29, 0.717) is 12.8 Å². The SMILES string of the molecule is CC(=O)OCC(=O)[C@]1(O)CC[C@@H]2[C@H]3CCC4=CC(=O)C=C[C@]4(C)[C@@H]3[C@H](OC(C)=O)C[C@@]21C. The van der Waals surface area contributed by atoms with Crippen molar-refractivity contribution in [2.75, 3.05) is 6.61 Å². The molecule has 4 aliphatic rings. The number of hydrogen-bond acceptors (Lipinski definition) is 7. The molecule has 3 fully saturated rings. The van der Waals surface area contributed by atoms with E-state index in [2.05, 4.69) is 6.92 Å². The molecule has 0 unspecified atom stereocenters. The van der Waals surface area contributed by atoms with E-state index in [1.54, 1.807) is 12.2 Å². The first-order valence-corrected chi connectivity index (χ1v) is 11.4. The molecule has 0 heterocycles. The summed E-state index contributed by atoms with van der Waals surface area (Å²) in [7, 11) is 0. The van der Waals surface area contributed by atoms with Crippen molar-refractivity contribution in [1.82, 2.24) is 0 Å². The fraction of sp³-hybridized carbons (Fsp3) is 0.680. The Morgan fingerprint density at radius 2 is 1.88 bits per heavy atom. The van der Waals surface area contributed by atoms with Crippen LogP contribution >= 0.6 is 0 Å². The second-order valence-electron chi connectivity index (χ2n) is 10.4. The number of carbonyl (C=O) groups is 4. The van der Waals surface area contributed by atoms with Crippen molar-refractivity contribution < 1.29 is 33.8 Å². The Bertz CT molecular complexity index is 933. The molecular formula is C25H32O7. The van der Waals surface area contributed by atoms with Crippen molar-refractivity contribution in [2.45, 2.75) is 71.5 Å². The van der Waals surface area contributed by atoms with Gasteiger partial charge in [-0.15, -0.1) is 0 Å². The maximum atomic E-state index is 13.1. The molecule has 0 aromatic rings. The largest absolute Gasteiger partial charge is 0.462 e. The summed E-state index contributed by atoms with van der Waals surface area (Å²) >= 11 is 0. The van der Waals surface area contributed by atoms with Crippen LogP contribution in [0.1, 0.15) is 59.8 Å². The Hall–Kier alpha value is -2.28. The molecule has 174 valence electrons. The molecule has 32 heavy (non-hydrogen) atoms. The van der Waals surface area contributed by atoms with Crippen molar-refractivity contribution >= 4 is 23.5 Å². The molecule has 4 rings (SSSR count). The highest BCUT2D eigenvalue weighted by Crippen LogP contribution is 2.67. The van der Waals surface area contributed by atoms with Crippen molar-refractivity contribution in [2.24, 2.45) is 28.6 Å². The predicted octanol–water partition coefficient (Wildman–Crippen LogP) is 2.70. The Labute approximate surface area is 188 Å². The predicted molar refractivity (Wildman–Crippen MR) is 114 cm³/mol. The lowest BCUT2D eigenvalue weighted by Gasteiger charge is -2.60. The van der Waals surface area contributed by atoms with Crippen LogP contribution in [0, 0.1) is 28.6 Å². The molecule has 0 aromatic carbocycles. The summed E-state index contributed by atoms with van der Waals surface area (Å²) in [6.07, 6.45) is 7.62. The smallest absolute Gasteiger partial charge is 0.303 e. The number of ether oxygens (including phenoxy) is 2. The second kappa shape index (κ2) is 7.65. The summed E-state index contributed by atoms with van der Waals surface area (Å²) in [5.74, 6) is -1.36. The Kier molecular flexibility index (Phi) is 5.47. The molecule has 0 radical (unpaired) electrons. The summed E-state index contributed by atoms with van der Waals surface area (Å²) < 4.78 is 10.8. The lowest BCUT2D eigenvalue weighted by atomic mass is 9.46. The van der Waals surface area contributed by atoms with Crippen LogP contribution in [0.2, 0.25) is 0 Å². The van der Waals surface area contributed by atoms with E-state index in [0.717, 1.165) is 18.4 Å². The quantitative estimate of drug-likeness (QED) is 0.664. The lowest BCUT2D eigenvalue weighted by molar-refractivity contribution is -0.192. The van der Waals surface area contributed by atoms with Gasteiger partial charge in [0.2, 0.25) is 5.78 Å². The number of carbonyl (C=O) groups excluding carboxylic acids is 4. The zero-order valence-electron chi connectivity index (χ0n) is 19.2. The Morgan fingerprint density at radius 3 is 2.53 bits per heavy atom. The molecule has 7 nitrogen and oxygen atoms in total. The van der Waals surface area contributed by atoms with Crippen LogP contribution in [0.15, 0.2) is 23.8 Å². The normalized spacial score (nSPS) is 42.3. The van der Waals surface area contributed by atoms with Crippen LogP contribution in [0.3, 0.4) is 0 Å². The summed E-state index contributed by atoms with van der Waals surface area (Å²) in [6, 6.07) is 0. The van der Waals surface area contributed by atoms with Crippen LogP contribution in [-0.4, -0.2) is 46.9 Å². The van der Waals surface area contributed by atoms with Gasteiger partial charge in [-0.1, -0.05) is 25.5 Å². The summed E-state index contributed by atoms with van der Waals surface area (Å²) in [5.41, 5.74) is -1.81. The minimum atomic E-state index is -1.65. The van der Waals surface area contributed by atoms with Gasteiger partial charge in [0.25, 0.3) is 0 Å². The molecule has 4 aliphatic carbocycles. The number of allylic oxidation sites excluding steroid dienone is 4. The van der Waals surface area contributed by atoms with Gasteiger partial charge < -0.3 is 14.6 Å². The van der Waals surface area contributed by atoms with Gasteiger partial charge in [-0.2, -0.15) is 0 Å². The summed E-state index contributed by atoms with van der Waals surface area (Å²) in [6.45, 7) is 6.16. The van der Waals surface area contributed by atoms with Crippen LogP contribution in [0.25, 0.3) is 0 Å². The van der Waals surface area contributed by atoms with E-state index in [4.69, 9.17) is 9.47 Å². The van der Waals surface area contributed by atoms with E-state index >= 15 is 0 Å². The van der Waals surface area contributed by atoms with Gasteiger partial charge in [0.05, 0.1) is 0 Å². The molecule has 0 bridgehead atoms. The molecule has 0 amide bonds. The third-order valence-corrected chi connectivity index (χ3v) is 8.81. The van der Waals surface area contributed by atoms with E-state index in [1.165, 1.54) is 13.8 Å². The molecule has 0 spiro atoms. The maximum absolute atomic E-state index is 13.1. The van der Waals surface area contributed by atoms with Gasteiger partial charge >= 0.3 is 11.9 Å². The highest BCUT2D eigenvalue weighted by atomic mass is 16.5. The van der Waals surface area contributed by atoms with Crippen LogP contribution in [0.5, 0.6) is 0 Å². The first-order valence-electron chi connectivity index (χ1n) is 11.4. The van der Waals surface area contributed by atoms with Crippen molar-refractivity contribution in [3.63, 3.8) is 0 Å². The third kappa shape index (κ3) is 3.28. The Morgan fingerprint density at radius 1 is 1.16 bits per heavy atom. The van der Waals surface area contributed by atoms with Crippen LogP contribution < -0.4 is 0 Å². The molecular weight excluding hydrogens is 412 g/mol. The molecule has 0 aromatic heterocycles. The lowest BCUT2D eigenvalue weighted by Crippen LogP contribution is -2.62. The first-order chi connectivity index (χ1) is 14.9. The van der Waals surface area contributed by atoms with Gasteiger partial charge in [-0.05, 0) is 56.1 Å². The highest BCUT2D eigenvalue weighted by molar-refractivity contribution is 6.01. The number of rotatable bonds is 4. The van der Waals surface area contributed by atoms with Crippen LogP contribution in [0.4, 0.5) is 0 Å². The number of esters is 2. The fourth-order valence-corrected chi connectivity index (χ4v) is 7.36. The molecule has 7 heteroatoms. The average Bonchev–Trinajstić information content (AvgIpc) is 2.97. The molecule has 7 atom stereocenters. The molecule has 0 saturated heterocycles. The highest BCUT2D eigenvalue weighted by Gasteiger charge is 2.68.